The van der Waals surface area contributed by atoms with Crippen molar-refractivity contribution in [3.05, 3.63) is 75.7 Å². The second-order valence-electron chi connectivity index (χ2n) is 9.96. The van der Waals surface area contributed by atoms with Crippen molar-refractivity contribution in [1.29, 1.82) is 0 Å². The van der Waals surface area contributed by atoms with Gasteiger partial charge in [-0.25, -0.2) is 4.98 Å². The Hall–Kier alpha value is -4.75. The van der Waals surface area contributed by atoms with Crippen molar-refractivity contribution >= 4 is 29.2 Å². The smallest absolute Gasteiger partial charge is 0.452 e. The molecule has 1 saturated carbocycles. The van der Waals surface area contributed by atoms with Crippen molar-refractivity contribution in [1.82, 2.24) is 10.3 Å². The van der Waals surface area contributed by atoms with Gasteiger partial charge in [0.1, 0.15) is 5.56 Å². The molecular formula is C28H27F3N4O7. The average Bonchev–Trinajstić information content (AvgIpc) is 3.40. The maximum Gasteiger partial charge on any atom is 0.452 e. The van der Waals surface area contributed by atoms with E-state index in [4.69, 9.17) is 9.52 Å². The van der Waals surface area contributed by atoms with Crippen LogP contribution < -0.4 is 10.6 Å². The summed E-state index contributed by atoms with van der Waals surface area (Å²) in [5.41, 5.74) is -0.402. The summed E-state index contributed by atoms with van der Waals surface area (Å²) >= 11 is 0. The second kappa shape index (κ2) is 12.8. The van der Waals surface area contributed by atoms with Gasteiger partial charge >= 0.3 is 12.1 Å². The zero-order valence-electron chi connectivity index (χ0n) is 22.1. The number of halogens is 3. The number of aromatic nitrogens is 1. The van der Waals surface area contributed by atoms with Gasteiger partial charge in [-0.1, -0.05) is 24.3 Å². The van der Waals surface area contributed by atoms with Gasteiger partial charge in [0.05, 0.1) is 4.92 Å². The maximum absolute atomic E-state index is 13.6. The summed E-state index contributed by atoms with van der Waals surface area (Å²) in [5.74, 6) is -4.49. The van der Waals surface area contributed by atoms with Gasteiger partial charge in [0.25, 0.3) is 11.6 Å². The van der Waals surface area contributed by atoms with E-state index in [-0.39, 0.29) is 30.9 Å². The van der Waals surface area contributed by atoms with Crippen LogP contribution in [0.4, 0.5) is 24.5 Å². The number of carboxylic acid groups (broad SMARTS) is 1. The van der Waals surface area contributed by atoms with Gasteiger partial charge in [-0.05, 0) is 61.3 Å². The molecule has 1 fully saturated rings. The molecule has 0 radical (unpaired) electrons. The Morgan fingerprint density at radius 1 is 1.05 bits per heavy atom. The molecule has 1 aromatic heterocycles. The second-order valence-corrected chi connectivity index (χ2v) is 9.96. The van der Waals surface area contributed by atoms with Gasteiger partial charge in [0.2, 0.25) is 17.6 Å². The van der Waals surface area contributed by atoms with E-state index in [9.17, 15) is 37.7 Å². The number of para-hydroxylation sites is 1. The molecule has 1 aliphatic carbocycles. The number of oxazole rings is 1. The highest BCUT2D eigenvalue weighted by atomic mass is 19.4. The Bertz CT molecular complexity index is 1460. The first-order chi connectivity index (χ1) is 19.9. The predicted octanol–water partition coefficient (Wildman–Crippen LogP) is 5.78. The number of alkyl halides is 3. The summed E-state index contributed by atoms with van der Waals surface area (Å²) in [4.78, 5) is 49.9. The number of nitro groups is 1. The standard InChI is InChI=1S/C28H27F3N4O7/c29-28(30,31)25-24(34-27(42-25)20-3-1-2-4-21(20)35(40)41)26(39)32-14-13-22(36)33-19-11-9-18(10-12-19)17-7-5-16(6-8-17)15-23(37)38/h1-4,9-12,16-17H,5-8,13-15H2,(H,32,39)(H,33,36)(H,37,38)/t16-,17-. The highest BCUT2D eigenvalue weighted by Crippen LogP contribution is 2.38. The lowest BCUT2D eigenvalue weighted by Crippen LogP contribution is -2.29. The van der Waals surface area contributed by atoms with Crippen LogP contribution in [0.2, 0.25) is 0 Å². The van der Waals surface area contributed by atoms with Gasteiger partial charge in [-0.15, -0.1) is 0 Å². The van der Waals surface area contributed by atoms with Crippen molar-refractivity contribution in [2.75, 3.05) is 11.9 Å². The number of carboxylic acids is 1. The molecule has 0 aliphatic heterocycles. The first-order valence-corrected chi connectivity index (χ1v) is 13.1. The topological polar surface area (TPSA) is 165 Å². The molecule has 4 rings (SSSR count). The van der Waals surface area contributed by atoms with E-state index in [1.807, 2.05) is 12.1 Å². The highest BCUT2D eigenvalue weighted by molar-refractivity contribution is 5.95. The lowest BCUT2D eigenvalue weighted by molar-refractivity contribution is -0.384. The minimum Gasteiger partial charge on any atom is -0.481 e. The number of carbonyl (C=O) groups excluding carboxylic acids is 2. The summed E-state index contributed by atoms with van der Waals surface area (Å²) in [5, 5.41) is 25.1. The van der Waals surface area contributed by atoms with Gasteiger partial charge in [-0.2, -0.15) is 13.2 Å². The van der Waals surface area contributed by atoms with E-state index >= 15 is 0 Å². The lowest BCUT2D eigenvalue weighted by Gasteiger charge is -2.28. The van der Waals surface area contributed by atoms with Crippen LogP contribution >= 0.6 is 0 Å². The van der Waals surface area contributed by atoms with Crippen LogP contribution in [-0.4, -0.2) is 39.3 Å². The van der Waals surface area contributed by atoms with E-state index in [1.54, 1.807) is 12.1 Å². The number of nitro benzene ring substituents is 1. The van der Waals surface area contributed by atoms with E-state index in [0.29, 0.717) is 11.6 Å². The molecule has 0 atom stereocenters. The SMILES string of the molecule is O=C(O)C[C@H]1CC[C@H](c2ccc(NC(=O)CCNC(=O)c3nc(-c4ccccc4[N+](=O)[O-])oc3C(F)(F)F)cc2)CC1. The fourth-order valence-electron chi connectivity index (χ4n) is 4.98. The summed E-state index contributed by atoms with van der Waals surface area (Å²) in [6.45, 7) is -0.312. The molecule has 0 unspecified atom stereocenters. The molecular weight excluding hydrogens is 561 g/mol. The number of rotatable bonds is 10. The minimum atomic E-state index is -5.11. The van der Waals surface area contributed by atoms with Crippen LogP contribution in [0.1, 0.15) is 66.3 Å². The molecule has 0 bridgehead atoms. The summed E-state index contributed by atoms with van der Waals surface area (Å²) in [7, 11) is 0. The third-order valence-corrected chi connectivity index (χ3v) is 7.04. The van der Waals surface area contributed by atoms with Crippen LogP contribution in [0.15, 0.2) is 52.9 Å². The normalized spacial score (nSPS) is 16.9. The quantitative estimate of drug-likeness (QED) is 0.198. The van der Waals surface area contributed by atoms with Crippen molar-refractivity contribution in [2.24, 2.45) is 5.92 Å². The number of carbonyl (C=O) groups is 3. The molecule has 14 heteroatoms. The Labute approximate surface area is 237 Å². The molecule has 42 heavy (non-hydrogen) atoms. The zero-order chi connectivity index (χ0) is 30.4. The van der Waals surface area contributed by atoms with Crippen molar-refractivity contribution < 1.29 is 42.0 Å². The zero-order valence-corrected chi connectivity index (χ0v) is 22.1. The van der Waals surface area contributed by atoms with Gasteiger partial charge < -0.3 is 20.2 Å². The summed E-state index contributed by atoms with van der Waals surface area (Å²) in [6, 6.07) is 12.1. The molecule has 0 saturated heterocycles. The molecule has 2 aromatic carbocycles. The number of hydrogen-bond donors (Lipinski definition) is 3. The largest absolute Gasteiger partial charge is 0.481 e. The lowest BCUT2D eigenvalue weighted by atomic mass is 9.77. The maximum atomic E-state index is 13.6. The molecule has 222 valence electrons. The van der Waals surface area contributed by atoms with Crippen LogP contribution in [-0.2, 0) is 15.8 Å². The van der Waals surface area contributed by atoms with Gasteiger partial charge in [-0.3, -0.25) is 24.5 Å². The van der Waals surface area contributed by atoms with Crippen LogP contribution in [0.5, 0.6) is 0 Å². The van der Waals surface area contributed by atoms with E-state index in [0.717, 1.165) is 43.4 Å². The third kappa shape index (κ3) is 7.50. The number of anilines is 1. The molecule has 3 aromatic rings. The Morgan fingerprint density at radius 2 is 1.71 bits per heavy atom. The van der Waals surface area contributed by atoms with Crippen molar-refractivity contribution in [3.63, 3.8) is 0 Å². The highest BCUT2D eigenvalue weighted by Gasteiger charge is 2.42. The summed E-state index contributed by atoms with van der Waals surface area (Å²) < 4.78 is 45.5. The van der Waals surface area contributed by atoms with Crippen molar-refractivity contribution in [2.45, 2.75) is 50.6 Å². The van der Waals surface area contributed by atoms with E-state index in [2.05, 4.69) is 15.6 Å². The number of amides is 2. The van der Waals surface area contributed by atoms with E-state index in [1.165, 1.54) is 12.1 Å². The Morgan fingerprint density at radius 3 is 2.33 bits per heavy atom. The fraction of sp³-hybridized carbons (Fsp3) is 0.357. The number of aliphatic carboxylic acids is 1. The number of benzene rings is 2. The average molecular weight is 589 g/mol. The summed E-state index contributed by atoms with van der Waals surface area (Å²) in [6.07, 6.45) is -1.73. The first-order valence-electron chi connectivity index (χ1n) is 13.1. The van der Waals surface area contributed by atoms with Crippen LogP contribution in [0.25, 0.3) is 11.5 Å². The third-order valence-electron chi connectivity index (χ3n) is 7.04. The first kappa shape index (κ1) is 30.2. The molecule has 0 spiro atoms. The fourth-order valence-corrected chi connectivity index (χ4v) is 4.98. The molecule has 1 heterocycles. The monoisotopic (exact) mass is 588 g/mol. The molecule has 3 N–H and O–H groups in total. The molecule has 1 aliphatic rings. The van der Waals surface area contributed by atoms with Gasteiger partial charge in [0, 0.05) is 31.1 Å². The Balaban J connectivity index is 1.32. The van der Waals surface area contributed by atoms with Crippen molar-refractivity contribution in [3.8, 4) is 11.5 Å². The number of nitrogens with one attached hydrogen (secondary N) is 2. The van der Waals surface area contributed by atoms with Gasteiger partial charge in [0.15, 0.2) is 5.69 Å². The molecule has 11 nitrogen and oxygen atoms in total. The Kier molecular flexibility index (Phi) is 9.23. The minimum absolute atomic E-state index is 0.180. The van der Waals surface area contributed by atoms with E-state index < -0.39 is 51.9 Å². The number of hydrogen-bond acceptors (Lipinski definition) is 7. The molecule has 2 amide bonds. The predicted molar refractivity (Wildman–Crippen MR) is 143 cm³/mol. The van der Waals surface area contributed by atoms with Crippen LogP contribution in [0.3, 0.4) is 0 Å². The van der Waals surface area contributed by atoms with Crippen LogP contribution in [0, 0.1) is 16.0 Å². The number of nitrogens with zero attached hydrogens (tertiary/aromatic N) is 2.